The molecule has 4 rings (SSSR count). The van der Waals surface area contributed by atoms with Gasteiger partial charge in [0.25, 0.3) is 0 Å². The van der Waals surface area contributed by atoms with Gasteiger partial charge in [0.15, 0.2) is 0 Å². The highest BCUT2D eigenvalue weighted by Gasteiger charge is 2.46. The number of carbonyl (C=O) groups excluding carboxylic acids is 1. The first-order chi connectivity index (χ1) is 12.1. The van der Waals surface area contributed by atoms with Gasteiger partial charge in [0, 0.05) is 31.7 Å². The van der Waals surface area contributed by atoms with E-state index in [0.29, 0.717) is 12.5 Å². The molecule has 1 aromatic rings. The Balaban J connectivity index is 1.51. The molecule has 2 atom stereocenters. The number of fused-ring (bicyclic) bond motifs is 2. The quantitative estimate of drug-likeness (QED) is 0.845. The van der Waals surface area contributed by atoms with Crippen LogP contribution in [0.3, 0.4) is 0 Å². The zero-order valence-corrected chi connectivity index (χ0v) is 15.4. The second-order valence-electron chi connectivity index (χ2n) is 7.90. The maximum atomic E-state index is 12.7. The minimum atomic E-state index is 0.0868. The van der Waals surface area contributed by atoms with E-state index in [1.165, 1.54) is 16.7 Å². The summed E-state index contributed by atoms with van der Waals surface area (Å²) >= 11 is 0. The van der Waals surface area contributed by atoms with Crippen LogP contribution < -0.4 is 0 Å². The molecule has 0 saturated carbocycles. The van der Waals surface area contributed by atoms with Crippen LogP contribution in [-0.2, 0) is 19.7 Å². The molecule has 1 amide bonds. The van der Waals surface area contributed by atoms with E-state index in [0.717, 1.165) is 52.0 Å². The lowest BCUT2D eigenvalue weighted by molar-refractivity contribution is -0.137. The van der Waals surface area contributed by atoms with Gasteiger partial charge in [0.2, 0.25) is 5.91 Å². The predicted octanol–water partition coefficient (Wildman–Crippen LogP) is 3.37. The zero-order chi connectivity index (χ0) is 17.4. The molecular formula is C21H29NO3. The number of nitrogens with zero attached hydrogens (tertiary/aromatic N) is 1. The van der Waals surface area contributed by atoms with Crippen molar-refractivity contribution < 1.29 is 14.3 Å². The van der Waals surface area contributed by atoms with Gasteiger partial charge >= 0.3 is 0 Å². The lowest BCUT2D eigenvalue weighted by atomic mass is 9.73. The Bertz CT molecular complexity index is 643. The fraction of sp³-hybridized carbons (Fsp3) is 0.667. The third-order valence-electron chi connectivity index (χ3n) is 6.38. The molecule has 0 radical (unpaired) electrons. The summed E-state index contributed by atoms with van der Waals surface area (Å²) in [5.41, 5.74) is 4.33. The van der Waals surface area contributed by atoms with Crippen molar-refractivity contribution in [2.75, 3.05) is 32.9 Å². The summed E-state index contributed by atoms with van der Waals surface area (Å²) in [6.45, 7) is 8.04. The van der Waals surface area contributed by atoms with Gasteiger partial charge in [0.05, 0.1) is 18.6 Å². The monoisotopic (exact) mass is 343 g/mol. The fourth-order valence-corrected chi connectivity index (χ4v) is 4.97. The summed E-state index contributed by atoms with van der Waals surface area (Å²) in [6.07, 6.45) is 4.26. The Morgan fingerprint density at radius 1 is 1.36 bits per heavy atom. The summed E-state index contributed by atoms with van der Waals surface area (Å²) in [6, 6.07) is 6.84. The van der Waals surface area contributed by atoms with Crippen LogP contribution in [-0.4, -0.2) is 43.7 Å². The fourth-order valence-electron chi connectivity index (χ4n) is 4.97. The average Bonchev–Trinajstić information content (AvgIpc) is 3.24. The number of aryl methyl sites for hydroxylation is 1. The highest BCUT2D eigenvalue weighted by atomic mass is 16.5. The number of benzene rings is 1. The van der Waals surface area contributed by atoms with Crippen molar-refractivity contribution in [2.45, 2.75) is 51.0 Å². The first-order valence-corrected chi connectivity index (χ1v) is 9.72. The maximum absolute atomic E-state index is 12.7. The van der Waals surface area contributed by atoms with E-state index in [1.807, 2.05) is 0 Å². The second kappa shape index (κ2) is 6.73. The Morgan fingerprint density at radius 3 is 2.84 bits per heavy atom. The standard InChI is InChI=1S/C21H29NO3/c1-3-25-19-13-21(18-5-4-15(2)12-17(18)19)7-9-22(10-8-21)20(23)16-6-11-24-14-16/h4-5,12,16,19H,3,6-11,13-14H2,1-2H3. The van der Waals surface area contributed by atoms with E-state index in [4.69, 9.17) is 9.47 Å². The van der Waals surface area contributed by atoms with Crippen LogP contribution in [0.15, 0.2) is 18.2 Å². The molecule has 25 heavy (non-hydrogen) atoms. The number of piperidine rings is 1. The van der Waals surface area contributed by atoms with Crippen LogP contribution in [0.2, 0.25) is 0 Å². The van der Waals surface area contributed by atoms with Crippen LogP contribution in [0.5, 0.6) is 0 Å². The second-order valence-corrected chi connectivity index (χ2v) is 7.90. The van der Waals surface area contributed by atoms with Gasteiger partial charge < -0.3 is 14.4 Å². The summed E-state index contributed by atoms with van der Waals surface area (Å²) in [5.74, 6) is 0.388. The van der Waals surface area contributed by atoms with Crippen molar-refractivity contribution >= 4 is 5.91 Å². The third kappa shape index (κ3) is 3.00. The molecule has 1 aliphatic carbocycles. The predicted molar refractivity (Wildman–Crippen MR) is 96.6 cm³/mol. The number of ether oxygens (including phenoxy) is 2. The van der Waals surface area contributed by atoms with Crippen molar-refractivity contribution in [3.05, 3.63) is 34.9 Å². The number of hydrogen-bond acceptors (Lipinski definition) is 3. The van der Waals surface area contributed by atoms with Gasteiger partial charge in [0.1, 0.15) is 0 Å². The van der Waals surface area contributed by atoms with Gasteiger partial charge in [-0.1, -0.05) is 23.8 Å². The number of hydrogen-bond donors (Lipinski definition) is 0. The van der Waals surface area contributed by atoms with E-state index in [9.17, 15) is 4.79 Å². The van der Waals surface area contributed by atoms with E-state index < -0.39 is 0 Å². The van der Waals surface area contributed by atoms with Crippen LogP contribution in [0.25, 0.3) is 0 Å². The highest BCUT2D eigenvalue weighted by molar-refractivity contribution is 5.79. The van der Waals surface area contributed by atoms with Gasteiger partial charge in [-0.3, -0.25) is 4.79 Å². The molecule has 3 aliphatic rings. The topological polar surface area (TPSA) is 38.8 Å². The molecule has 136 valence electrons. The lowest BCUT2D eigenvalue weighted by Crippen LogP contribution is -2.46. The Kier molecular flexibility index (Phi) is 4.59. The van der Waals surface area contributed by atoms with E-state index >= 15 is 0 Å². The smallest absolute Gasteiger partial charge is 0.228 e. The molecule has 1 aromatic carbocycles. The molecular weight excluding hydrogens is 314 g/mol. The van der Waals surface area contributed by atoms with E-state index in [2.05, 4.69) is 36.9 Å². The normalized spacial score (nSPS) is 27.7. The Labute approximate surface area is 150 Å². The molecule has 0 bridgehead atoms. The van der Waals surface area contributed by atoms with Gasteiger partial charge in [-0.15, -0.1) is 0 Å². The number of rotatable bonds is 3. The molecule has 2 unspecified atom stereocenters. The number of amides is 1. The van der Waals surface area contributed by atoms with Crippen molar-refractivity contribution in [1.82, 2.24) is 4.90 Å². The zero-order valence-electron chi connectivity index (χ0n) is 15.4. The summed E-state index contributed by atoms with van der Waals surface area (Å²) in [7, 11) is 0. The Morgan fingerprint density at radius 2 is 2.16 bits per heavy atom. The van der Waals surface area contributed by atoms with Crippen molar-refractivity contribution in [2.24, 2.45) is 5.92 Å². The van der Waals surface area contributed by atoms with Gasteiger partial charge in [-0.25, -0.2) is 0 Å². The molecule has 0 aromatic heterocycles. The molecule has 2 aliphatic heterocycles. The van der Waals surface area contributed by atoms with E-state index in [-0.39, 0.29) is 17.4 Å². The molecule has 0 N–H and O–H groups in total. The van der Waals surface area contributed by atoms with Crippen LogP contribution in [0.4, 0.5) is 0 Å². The number of carbonyl (C=O) groups is 1. The Hall–Kier alpha value is -1.39. The number of likely N-dealkylation sites (tertiary alicyclic amines) is 1. The molecule has 2 saturated heterocycles. The minimum absolute atomic E-state index is 0.0868. The minimum Gasteiger partial charge on any atom is -0.381 e. The molecule has 2 fully saturated rings. The van der Waals surface area contributed by atoms with Gasteiger partial charge in [-0.05, 0) is 50.7 Å². The molecule has 4 nitrogen and oxygen atoms in total. The average molecular weight is 343 g/mol. The van der Waals surface area contributed by atoms with Crippen molar-refractivity contribution in [3.8, 4) is 0 Å². The van der Waals surface area contributed by atoms with Crippen molar-refractivity contribution in [3.63, 3.8) is 0 Å². The lowest BCUT2D eigenvalue weighted by Gasteiger charge is -2.41. The summed E-state index contributed by atoms with van der Waals surface area (Å²) in [4.78, 5) is 14.8. The van der Waals surface area contributed by atoms with Gasteiger partial charge in [-0.2, -0.15) is 0 Å². The van der Waals surface area contributed by atoms with E-state index in [1.54, 1.807) is 0 Å². The molecule has 2 heterocycles. The third-order valence-corrected chi connectivity index (χ3v) is 6.38. The van der Waals surface area contributed by atoms with Crippen LogP contribution >= 0.6 is 0 Å². The first kappa shape index (κ1) is 17.0. The SMILES string of the molecule is CCOC1CC2(CCN(C(=O)C3CCOC3)CC2)c2ccc(C)cc21. The maximum Gasteiger partial charge on any atom is 0.228 e. The summed E-state index contributed by atoms with van der Waals surface area (Å²) < 4.78 is 11.5. The highest BCUT2D eigenvalue weighted by Crippen LogP contribution is 2.52. The first-order valence-electron chi connectivity index (χ1n) is 9.72. The molecule has 1 spiro atoms. The van der Waals surface area contributed by atoms with Crippen LogP contribution in [0.1, 0.15) is 55.4 Å². The summed E-state index contributed by atoms with van der Waals surface area (Å²) in [5, 5.41) is 0. The molecule has 4 heteroatoms. The van der Waals surface area contributed by atoms with Crippen molar-refractivity contribution in [1.29, 1.82) is 0 Å². The largest absolute Gasteiger partial charge is 0.381 e. The van der Waals surface area contributed by atoms with Crippen LogP contribution in [0, 0.1) is 12.8 Å².